The average molecular weight is 340 g/mol. The van der Waals surface area contributed by atoms with E-state index in [4.69, 9.17) is 9.47 Å². The highest BCUT2D eigenvalue weighted by Crippen LogP contribution is 2.17. The fraction of sp³-hybridized carbons (Fsp3) is 0.300. The fourth-order valence-electron chi connectivity index (χ4n) is 2.09. The van der Waals surface area contributed by atoms with E-state index < -0.39 is 0 Å². The molecular formula is C20H24N2O3. The van der Waals surface area contributed by atoms with Crippen LogP contribution >= 0.6 is 0 Å². The van der Waals surface area contributed by atoms with Crippen molar-refractivity contribution in [2.75, 3.05) is 13.2 Å². The summed E-state index contributed by atoms with van der Waals surface area (Å²) in [5.41, 5.74) is 5.58. The van der Waals surface area contributed by atoms with Crippen molar-refractivity contribution >= 4 is 12.1 Å². The van der Waals surface area contributed by atoms with E-state index in [-0.39, 0.29) is 12.5 Å². The van der Waals surface area contributed by atoms with Gasteiger partial charge in [-0.1, -0.05) is 25.1 Å². The number of carbonyl (C=O) groups excluding carboxylic acids is 1. The Kier molecular flexibility index (Phi) is 7.01. The van der Waals surface area contributed by atoms with Crippen LogP contribution in [-0.4, -0.2) is 25.3 Å². The Morgan fingerprint density at radius 2 is 1.92 bits per heavy atom. The molecular weight excluding hydrogens is 316 g/mol. The molecule has 0 saturated carbocycles. The molecule has 0 heterocycles. The van der Waals surface area contributed by atoms with Crippen molar-refractivity contribution in [3.63, 3.8) is 0 Å². The molecule has 0 spiro atoms. The summed E-state index contributed by atoms with van der Waals surface area (Å²) in [4.78, 5) is 11.8. The molecule has 1 N–H and O–H groups in total. The lowest BCUT2D eigenvalue weighted by Crippen LogP contribution is -2.24. The number of carbonyl (C=O) groups is 1. The Bertz CT molecular complexity index is 741. The Morgan fingerprint density at radius 1 is 1.12 bits per heavy atom. The number of para-hydroxylation sites is 1. The molecule has 2 aromatic rings. The molecule has 5 heteroatoms. The molecule has 0 saturated heterocycles. The Labute approximate surface area is 148 Å². The lowest BCUT2D eigenvalue weighted by atomic mass is 10.1. The van der Waals surface area contributed by atoms with E-state index in [1.54, 1.807) is 6.21 Å². The maximum absolute atomic E-state index is 11.8. The summed E-state index contributed by atoms with van der Waals surface area (Å²) in [5, 5.41) is 3.97. The van der Waals surface area contributed by atoms with Gasteiger partial charge in [0.15, 0.2) is 6.61 Å². The summed E-state index contributed by atoms with van der Waals surface area (Å²) >= 11 is 0. The molecule has 0 atom stereocenters. The zero-order chi connectivity index (χ0) is 18.1. The van der Waals surface area contributed by atoms with E-state index in [1.165, 1.54) is 5.56 Å². The van der Waals surface area contributed by atoms with Crippen molar-refractivity contribution in [2.45, 2.75) is 27.2 Å². The Balaban J connectivity index is 1.85. The van der Waals surface area contributed by atoms with Crippen LogP contribution in [0.25, 0.3) is 0 Å². The second-order valence-electron chi connectivity index (χ2n) is 5.71. The highest BCUT2D eigenvalue weighted by Gasteiger charge is 2.03. The van der Waals surface area contributed by atoms with E-state index in [9.17, 15) is 4.79 Å². The number of hydrogen-bond acceptors (Lipinski definition) is 4. The van der Waals surface area contributed by atoms with Gasteiger partial charge in [-0.3, -0.25) is 4.79 Å². The van der Waals surface area contributed by atoms with Gasteiger partial charge in [0.1, 0.15) is 11.5 Å². The van der Waals surface area contributed by atoms with Gasteiger partial charge in [-0.05, 0) is 55.7 Å². The molecule has 0 aliphatic carbocycles. The largest absolute Gasteiger partial charge is 0.493 e. The van der Waals surface area contributed by atoms with Crippen LogP contribution in [0.5, 0.6) is 11.5 Å². The number of amides is 1. The van der Waals surface area contributed by atoms with E-state index >= 15 is 0 Å². The van der Waals surface area contributed by atoms with Crippen molar-refractivity contribution in [2.24, 2.45) is 5.10 Å². The highest BCUT2D eigenvalue weighted by atomic mass is 16.5. The minimum atomic E-state index is -0.318. The molecule has 0 fully saturated rings. The van der Waals surface area contributed by atoms with Crippen LogP contribution in [0.15, 0.2) is 47.6 Å². The summed E-state index contributed by atoms with van der Waals surface area (Å²) in [6.45, 7) is 6.63. The molecule has 0 radical (unpaired) electrons. The van der Waals surface area contributed by atoms with Crippen molar-refractivity contribution in [1.29, 1.82) is 0 Å². The van der Waals surface area contributed by atoms with Gasteiger partial charge in [0, 0.05) is 5.56 Å². The molecule has 0 aliphatic rings. The monoisotopic (exact) mass is 340 g/mol. The number of nitrogens with zero attached hydrogens (tertiary/aromatic N) is 1. The predicted octanol–water partition coefficient (Wildman–Crippen LogP) is 3.62. The van der Waals surface area contributed by atoms with Crippen molar-refractivity contribution in [3.8, 4) is 11.5 Å². The Hall–Kier alpha value is -2.82. The molecule has 1 amide bonds. The van der Waals surface area contributed by atoms with Gasteiger partial charge in [-0.15, -0.1) is 0 Å². The molecule has 2 aromatic carbocycles. The van der Waals surface area contributed by atoms with Gasteiger partial charge in [-0.2, -0.15) is 5.10 Å². The summed E-state index contributed by atoms with van der Waals surface area (Å²) in [6.07, 6.45) is 2.50. The molecule has 2 rings (SSSR count). The SMILES string of the molecule is CCCOc1ccccc1/C=N/NC(=O)COc1ccc(C)c(C)c1. The van der Waals surface area contributed by atoms with Crippen LogP contribution in [0, 0.1) is 13.8 Å². The zero-order valence-electron chi connectivity index (χ0n) is 14.9. The van der Waals surface area contributed by atoms with Gasteiger partial charge in [0.25, 0.3) is 5.91 Å². The van der Waals surface area contributed by atoms with Crippen LogP contribution in [0.4, 0.5) is 0 Å². The summed E-state index contributed by atoms with van der Waals surface area (Å²) in [6, 6.07) is 13.3. The van der Waals surface area contributed by atoms with Crippen molar-refractivity contribution in [3.05, 3.63) is 59.2 Å². The van der Waals surface area contributed by atoms with Crippen LogP contribution in [-0.2, 0) is 4.79 Å². The quantitative estimate of drug-likeness (QED) is 0.590. The molecule has 0 aliphatic heterocycles. The lowest BCUT2D eigenvalue weighted by Gasteiger charge is -2.08. The first-order chi connectivity index (χ1) is 12.1. The predicted molar refractivity (Wildman–Crippen MR) is 99.4 cm³/mol. The molecule has 132 valence electrons. The fourth-order valence-corrected chi connectivity index (χ4v) is 2.09. The van der Waals surface area contributed by atoms with Gasteiger partial charge >= 0.3 is 0 Å². The third-order valence-corrected chi connectivity index (χ3v) is 3.62. The smallest absolute Gasteiger partial charge is 0.277 e. The van der Waals surface area contributed by atoms with Gasteiger partial charge in [0.2, 0.25) is 0 Å². The van der Waals surface area contributed by atoms with Crippen LogP contribution in [0.3, 0.4) is 0 Å². The number of benzene rings is 2. The number of nitrogens with one attached hydrogen (secondary N) is 1. The summed E-state index contributed by atoms with van der Waals surface area (Å²) in [7, 11) is 0. The lowest BCUT2D eigenvalue weighted by molar-refractivity contribution is -0.123. The van der Waals surface area contributed by atoms with Gasteiger partial charge < -0.3 is 9.47 Å². The Morgan fingerprint density at radius 3 is 2.68 bits per heavy atom. The van der Waals surface area contributed by atoms with E-state index in [0.29, 0.717) is 12.4 Å². The summed E-state index contributed by atoms with van der Waals surface area (Å²) < 4.78 is 11.1. The number of aryl methyl sites for hydroxylation is 2. The number of ether oxygens (including phenoxy) is 2. The first-order valence-electron chi connectivity index (χ1n) is 8.34. The third kappa shape index (κ3) is 5.95. The molecule has 0 bridgehead atoms. The number of hydrogen-bond donors (Lipinski definition) is 1. The number of rotatable bonds is 8. The standard InChI is InChI=1S/C20H24N2O3/c1-4-11-24-19-8-6-5-7-17(19)13-21-22-20(23)14-25-18-10-9-15(2)16(3)12-18/h5-10,12-13H,4,11,14H2,1-3H3,(H,22,23)/b21-13+. The maximum Gasteiger partial charge on any atom is 0.277 e. The zero-order valence-corrected chi connectivity index (χ0v) is 14.9. The first-order valence-corrected chi connectivity index (χ1v) is 8.34. The van der Waals surface area contributed by atoms with Gasteiger partial charge in [-0.25, -0.2) is 5.43 Å². The van der Waals surface area contributed by atoms with Crippen LogP contribution in [0.1, 0.15) is 30.0 Å². The second kappa shape index (κ2) is 9.47. The minimum absolute atomic E-state index is 0.0895. The third-order valence-electron chi connectivity index (χ3n) is 3.62. The molecule has 25 heavy (non-hydrogen) atoms. The van der Waals surface area contributed by atoms with E-state index in [1.807, 2.05) is 63.2 Å². The highest BCUT2D eigenvalue weighted by molar-refractivity contribution is 5.85. The molecule has 0 unspecified atom stereocenters. The first kappa shape index (κ1) is 18.5. The van der Waals surface area contributed by atoms with E-state index in [0.717, 1.165) is 23.3 Å². The van der Waals surface area contributed by atoms with Crippen molar-refractivity contribution in [1.82, 2.24) is 5.43 Å². The van der Waals surface area contributed by atoms with Crippen LogP contribution in [0.2, 0.25) is 0 Å². The van der Waals surface area contributed by atoms with Crippen LogP contribution < -0.4 is 14.9 Å². The average Bonchev–Trinajstić information content (AvgIpc) is 2.62. The normalized spacial score (nSPS) is 10.7. The second-order valence-corrected chi connectivity index (χ2v) is 5.71. The van der Waals surface area contributed by atoms with Gasteiger partial charge in [0.05, 0.1) is 12.8 Å². The number of hydrazone groups is 1. The maximum atomic E-state index is 11.8. The topological polar surface area (TPSA) is 59.9 Å². The molecule has 0 aromatic heterocycles. The van der Waals surface area contributed by atoms with E-state index in [2.05, 4.69) is 10.5 Å². The molecule has 5 nitrogen and oxygen atoms in total. The van der Waals surface area contributed by atoms with Crippen molar-refractivity contribution < 1.29 is 14.3 Å². The summed E-state index contributed by atoms with van der Waals surface area (Å²) in [5.74, 6) is 1.09. The minimum Gasteiger partial charge on any atom is -0.493 e.